The maximum atomic E-state index is 11.8. The Morgan fingerprint density at radius 3 is 2.50 bits per heavy atom. The Kier molecular flexibility index (Phi) is 2.10. The van der Waals surface area contributed by atoms with Crippen LogP contribution in [0.15, 0.2) is 12.2 Å². The van der Waals surface area contributed by atoms with Crippen molar-refractivity contribution >= 4 is 5.97 Å². The minimum Gasteiger partial charge on any atom is -0.452 e. The second-order valence-electron chi connectivity index (χ2n) is 2.25. The molecule has 0 saturated carbocycles. The predicted molar refractivity (Wildman–Crippen MR) is 31.1 cm³/mol. The summed E-state index contributed by atoms with van der Waals surface area (Å²) in [6, 6.07) is 0. The number of cyclic esters (lactones) is 1. The number of rotatable bonds is 1. The number of aliphatic hydroxyl groups is 1. The van der Waals surface area contributed by atoms with Gasteiger partial charge >= 0.3 is 12.1 Å². The van der Waals surface area contributed by atoms with E-state index in [2.05, 4.69) is 4.74 Å². The first-order chi connectivity index (χ1) is 5.41. The lowest BCUT2D eigenvalue weighted by atomic mass is 10.2. The molecule has 0 bridgehead atoms. The van der Waals surface area contributed by atoms with E-state index in [4.69, 9.17) is 5.11 Å². The number of esters is 1. The Bertz CT molecular complexity index is 221. The Labute approximate surface area is 65.4 Å². The van der Waals surface area contributed by atoms with Gasteiger partial charge in [0, 0.05) is 6.08 Å². The monoisotopic (exact) mass is 182 g/mol. The molecule has 1 heterocycles. The van der Waals surface area contributed by atoms with E-state index in [0.717, 1.165) is 12.2 Å². The van der Waals surface area contributed by atoms with Gasteiger partial charge in [-0.25, -0.2) is 4.79 Å². The molecule has 1 aliphatic rings. The summed E-state index contributed by atoms with van der Waals surface area (Å²) in [6.07, 6.45) is -7.28. The molecule has 0 unspecified atom stereocenters. The fraction of sp³-hybridized carbons (Fsp3) is 0.500. The molecule has 0 amide bonds. The molecule has 0 aliphatic carbocycles. The lowest BCUT2D eigenvalue weighted by Gasteiger charge is -2.18. The molecule has 1 rings (SSSR count). The molecule has 0 radical (unpaired) electrons. The van der Waals surface area contributed by atoms with Crippen LogP contribution in [0.5, 0.6) is 0 Å². The van der Waals surface area contributed by atoms with E-state index in [1.165, 1.54) is 0 Å². The number of carbonyl (C=O) groups is 1. The zero-order valence-electron chi connectivity index (χ0n) is 5.71. The highest BCUT2D eigenvalue weighted by atomic mass is 19.4. The van der Waals surface area contributed by atoms with Gasteiger partial charge in [0.2, 0.25) is 0 Å². The fourth-order valence-electron chi connectivity index (χ4n) is 0.742. The lowest BCUT2D eigenvalue weighted by molar-refractivity contribution is -0.225. The average molecular weight is 182 g/mol. The molecule has 6 heteroatoms. The highest BCUT2D eigenvalue weighted by molar-refractivity contribution is 5.84. The second kappa shape index (κ2) is 2.78. The molecule has 3 nitrogen and oxygen atoms in total. The van der Waals surface area contributed by atoms with Crippen molar-refractivity contribution in [1.82, 2.24) is 0 Å². The number of hydrogen-bond acceptors (Lipinski definition) is 3. The van der Waals surface area contributed by atoms with Gasteiger partial charge in [-0.1, -0.05) is 0 Å². The number of alkyl halides is 3. The molecule has 0 aromatic heterocycles. The molecule has 2 atom stereocenters. The highest BCUT2D eigenvalue weighted by Gasteiger charge is 2.45. The van der Waals surface area contributed by atoms with Crippen molar-refractivity contribution in [3.63, 3.8) is 0 Å². The van der Waals surface area contributed by atoms with Gasteiger partial charge in [0.1, 0.15) is 0 Å². The summed E-state index contributed by atoms with van der Waals surface area (Å²) in [6.45, 7) is 0. The standard InChI is InChI=1S/C6H5F3O3/c7-6(8,9)5(11)3-1-2-4(10)12-3/h1-3,5,11H/t3-,5-/m0/s1. The van der Waals surface area contributed by atoms with Gasteiger partial charge in [-0.3, -0.25) is 0 Å². The molecule has 0 spiro atoms. The fourth-order valence-corrected chi connectivity index (χ4v) is 0.742. The number of hydrogen-bond donors (Lipinski definition) is 1. The van der Waals surface area contributed by atoms with E-state index in [-0.39, 0.29) is 0 Å². The summed E-state index contributed by atoms with van der Waals surface area (Å²) in [5.74, 6) is -0.872. The summed E-state index contributed by atoms with van der Waals surface area (Å²) in [7, 11) is 0. The van der Waals surface area contributed by atoms with Crippen LogP contribution in [0.2, 0.25) is 0 Å². The van der Waals surface area contributed by atoms with Gasteiger partial charge < -0.3 is 9.84 Å². The Hall–Kier alpha value is -1.04. The summed E-state index contributed by atoms with van der Waals surface area (Å²) in [5.41, 5.74) is 0. The largest absolute Gasteiger partial charge is 0.452 e. The number of halogens is 3. The molecule has 1 N–H and O–H groups in total. The zero-order chi connectivity index (χ0) is 9.35. The van der Waals surface area contributed by atoms with Gasteiger partial charge in [-0.15, -0.1) is 0 Å². The van der Waals surface area contributed by atoms with Crippen LogP contribution in [-0.4, -0.2) is 29.5 Å². The third kappa shape index (κ3) is 1.76. The summed E-state index contributed by atoms with van der Waals surface area (Å²) >= 11 is 0. The van der Waals surface area contributed by atoms with Crippen LogP contribution < -0.4 is 0 Å². The van der Waals surface area contributed by atoms with Crippen LogP contribution in [0.3, 0.4) is 0 Å². The van der Waals surface area contributed by atoms with Crippen molar-refractivity contribution < 1.29 is 27.8 Å². The molecule has 0 aromatic carbocycles. The van der Waals surface area contributed by atoms with Crippen molar-refractivity contribution in [3.8, 4) is 0 Å². The van der Waals surface area contributed by atoms with Gasteiger partial charge in [-0.05, 0) is 6.08 Å². The van der Waals surface area contributed by atoms with E-state index in [1.54, 1.807) is 0 Å². The SMILES string of the molecule is O=C1C=C[C@@H]([C@H](O)C(F)(F)F)O1. The van der Waals surface area contributed by atoms with Crippen LogP contribution in [-0.2, 0) is 9.53 Å². The normalized spacial score (nSPS) is 25.7. The molecule has 0 aromatic rings. The van der Waals surface area contributed by atoms with Gasteiger partial charge in [0.15, 0.2) is 12.2 Å². The highest BCUT2D eigenvalue weighted by Crippen LogP contribution is 2.26. The predicted octanol–water partition coefficient (Wildman–Crippen LogP) is 0.391. The van der Waals surface area contributed by atoms with Crippen molar-refractivity contribution in [2.24, 2.45) is 0 Å². The van der Waals surface area contributed by atoms with E-state index in [1.807, 2.05) is 0 Å². The van der Waals surface area contributed by atoms with Gasteiger partial charge in [-0.2, -0.15) is 13.2 Å². The first kappa shape index (κ1) is 9.05. The molecule has 1 aliphatic heterocycles. The van der Waals surface area contributed by atoms with Crippen molar-refractivity contribution in [3.05, 3.63) is 12.2 Å². The maximum Gasteiger partial charge on any atom is 0.418 e. The van der Waals surface area contributed by atoms with Crippen molar-refractivity contribution in [2.45, 2.75) is 18.4 Å². The van der Waals surface area contributed by atoms with Crippen LogP contribution in [0.1, 0.15) is 0 Å². The maximum absolute atomic E-state index is 11.8. The molecular formula is C6H5F3O3. The first-order valence-corrected chi connectivity index (χ1v) is 3.05. The summed E-state index contributed by atoms with van der Waals surface area (Å²) < 4.78 is 39.4. The Morgan fingerprint density at radius 2 is 2.17 bits per heavy atom. The van der Waals surface area contributed by atoms with Crippen molar-refractivity contribution in [2.75, 3.05) is 0 Å². The van der Waals surface area contributed by atoms with Crippen LogP contribution >= 0.6 is 0 Å². The minimum atomic E-state index is -4.76. The van der Waals surface area contributed by atoms with Crippen LogP contribution in [0.25, 0.3) is 0 Å². The molecular weight excluding hydrogens is 177 g/mol. The number of carbonyl (C=O) groups excluding carboxylic acids is 1. The van der Waals surface area contributed by atoms with E-state index >= 15 is 0 Å². The zero-order valence-corrected chi connectivity index (χ0v) is 5.71. The molecule has 12 heavy (non-hydrogen) atoms. The molecule has 68 valence electrons. The number of aliphatic hydroxyl groups excluding tert-OH is 1. The van der Waals surface area contributed by atoms with Crippen LogP contribution in [0.4, 0.5) is 13.2 Å². The smallest absolute Gasteiger partial charge is 0.418 e. The molecule has 0 fully saturated rings. The van der Waals surface area contributed by atoms with Crippen molar-refractivity contribution in [1.29, 1.82) is 0 Å². The topological polar surface area (TPSA) is 46.5 Å². The average Bonchev–Trinajstić information content (AvgIpc) is 2.32. The van der Waals surface area contributed by atoms with Gasteiger partial charge in [0.25, 0.3) is 0 Å². The third-order valence-corrected chi connectivity index (χ3v) is 1.32. The van der Waals surface area contributed by atoms with Gasteiger partial charge in [0.05, 0.1) is 0 Å². The van der Waals surface area contributed by atoms with Crippen LogP contribution in [0, 0.1) is 0 Å². The third-order valence-electron chi connectivity index (χ3n) is 1.32. The second-order valence-corrected chi connectivity index (χ2v) is 2.25. The van der Waals surface area contributed by atoms with E-state index in [0.29, 0.717) is 0 Å². The minimum absolute atomic E-state index is 0.847. The Morgan fingerprint density at radius 1 is 1.58 bits per heavy atom. The Balaban J connectivity index is 2.61. The molecule has 0 saturated heterocycles. The first-order valence-electron chi connectivity index (χ1n) is 3.05. The lowest BCUT2D eigenvalue weighted by Crippen LogP contribution is -2.39. The summed E-state index contributed by atoms with van der Waals surface area (Å²) in [4.78, 5) is 10.3. The summed E-state index contributed by atoms with van der Waals surface area (Å²) in [5, 5.41) is 8.55. The quantitative estimate of drug-likeness (QED) is 0.596. The van der Waals surface area contributed by atoms with E-state index < -0.39 is 24.4 Å². The van der Waals surface area contributed by atoms with E-state index in [9.17, 15) is 18.0 Å². The number of ether oxygens (including phenoxy) is 1.